The quantitative estimate of drug-likeness (QED) is 0.650. The molecule has 0 aromatic heterocycles. The van der Waals surface area contributed by atoms with Crippen molar-refractivity contribution in [2.75, 3.05) is 27.2 Å². The van der Waals surface area contributed by atoms with Crippen LogP contribution in [0.1, 0.15) is 20.8 Å². The maximum atomic E-state index is 4.68. The largest absolute Gasteiger partial charge is 3.00 e. The summed E-state index contributed by atoms with van der Waals surface area (Å²) in [5.74, 6) is 0. The van der Waals surface area contributed by atoms with Gasteiger partial charge in [-0.05, 0) is 20.6 Å². The molecule has 0 aliphatic carbocycles. The van der Waals surface area contributed by atoms with Crippen LogP contribution in [0.15, 0.2) is 0 Å². The van der Waals surface area contributed by atoms with Gasteiger partial charge in [0.1, 0.15) is 0 Å². The fraction of sp³-hybridized carbons (Fsp3) is 1.00. The Hall–Kier alpha value is 0.820. The summed E-state index contributed by atoms with van der Waals surface area (Å²) in [4.78, 5) is 11.4. The summed E-state index contributed by atoms with van der Waals surface area (Å²) < 4.78 is 0. The van der Waals surface area contributed by atoms with Crippen LogP contribution in [0, 0.1) is 0 Å². The van der Waals surface area contributed by atoms with Gasteiger partial charge in [-0.25, -0.2) is 0 Å². The molecule has 0 saturated carbocycles. The van der Waals surface area contributed by atoms with Crippen molar-refractivity contribution in [2.24, 2.45) is 0 Å². The van der Waals surface area contributed by atoms with Gasteiger partial charge in [0.15, 0.2) is 0 Å². The summed E-state index contributed by atoms with van der Waals surface area (Å²) in [5.41, 5.74) is 0.171. The summed E-state index contributed by atoms with van der Waals surface area (Å²) in [6, 6.07) is 0. The maximum absolute atomic E-state index is 4.68. The van der Waals surface area contributed by atoms with Crippen molar-refractivity contribution in [2.45, 2.75) is 65.6 Å². The second kappa shape index (κ2) is 10.5. The van der Waals surface area contributed by atoms with Gasteiger partial charge in [0.05, 0.1) is 0 Å². The van der Waals surface area contributed by atoms with E-state index < -0.39 is 16.5 Å². The Kier molecular flexibility index (Phi) is 13.6. The van der Waals surface area contributed by atoms with E-state index in [9.17, 15) is 0 Å². The summed E-state index contributed by atoms with van der Waals surface area (Å²) in [6.07, 6.45) is 0. The Balaban J connectivity index is -0.000000277. The zero-order valence-electron chi connectivity index (χ0n) is 15.6. The molecule has 20 heavy (non-hydrogen) atoms. The van der Waals surface area contributed by atoms with Crippen LogP contribution in [0.5, 0.6) is 0 Å². The zero-order chi connectivity index (χ0) is 15.9. The molecule has 0 bridgehead atoms. The van der Waals surface area contributed by atoms with E-state index in [0.29, 0.717) is 0 Å². The predicted molar refractivity (Wildman–Crippen MR) is 96.6 cm³/mol. The van der Waals surface area contributed by atoms with Crippen LogP contribution in [0.4, 0.5) is 0 Å². The van der Waals surface area contributed by atoms with E-state index in [2.05, 4.69) is 89.0 Å². The molecule has 0 fully saturated rings. The summed E-state index contributed by atoms with van der Waals surface area (Å²) in [7, 11) is 1.87. The third-order valence-corrected chi connectivity index (χ3v) is 4.32. The van der Waals surface area contributed by atoms with Crippen LogP contribution in [0.25, 0.3) is 9.96 Å². The average Bonchev–Trinajstić information content (AvgIpc) is 1.92. The molecule has 3 nitrogen and oxygen atoms in total. The van der Waals surface area contributed by atoms with Crippen molar-refractivity contribution >= 4 is 16.5 Å². The molecule has 0 spiro atoms. The van der Waals surface area contributed by atoms with Crippen molar-refractivity contribution in [3.8, 4) is 0 Å². The zero-order valence-corrected chi connectivity index (χ0v) is 18.6. The van der Waals surface area contributed by atoms with Gasteiger partial charge in [-0.2, -0.15) is 0 Å². The van der Waals surface area contributed by atoms with Gasteiger partial charge in [-0.15, -0.1) is 12.1 Å². The molecule has 0 unspecified atom stereocenters. The van der Waals surface area contributed by atoms with Crippen LogP contribution in [-0.2, 0) is 16.8 Å². The third-order valence-electron chi connectivity index (χ3n) is 1.80. The minimum atomic E-state index is -1.17. The van der Waals surface area contributed by atoms with Gasteiger partial charge < -0.3 is 14.9 Å². The first-order valence-corrected chi connectivity index (χ1v) is 14.1. The Morgan fingerprint density at radius 3 is 1.40 bits per heavy atom. The van der Waals surface area contributed by atoms with Crippen LogP contribution in [0.2, 0.25) is 39.3 Å². The predicted octanol–water partition coefficient (Wildman–Crippen LogP) is 4.75. The second-order valence-corrected chi connectivity index (χ2v) is 17.5. The molecular formula is C14H37CoN3Si2+. The topological polar surface area (TPSA) is 31.4 Å². The van der Waals surface area contributed by atoms with Crippen molar-refractivity contribution in [3.63, 3.8) is 0 Å². The molecule has 0 saturated heterocycles. The van der Waals surface area contributed by atoms with E-state index in [1.165, 1.54) is 0 Å². The van der Waals surface area contributed by atoms with Crippen LogP contribution < -0.4 is 0 Å². The Labute approximate surface area is 141 Å². The van der Waals surface area contributed by atoms with Crippen LogP contribution >= 0.6 is 0 Å². The van der Waals surface area contributed by atoms with Gasteiger partial charge in [0.2, 0.25) is 0 Å². The van der Waals surface area contributed by atoms with E-state index in [-0.39, 0.29) is 22.3 Å². The molecule has 124 valence electrons. The van der Waals surface area contributed by atoms with Crippen LogP contribution in [-0.4, -0.2) is 54.1 Å². The molecule has 0 aromatic rings. The summed E-state index contributed by atoms with van der Waals surface area (Å²) >= 11 is 0. The third kappa shape index (κ3) is 31.3. The van der Waals surface area contributed by atoms with Crippen molar-refractivity contribution in [3.05, 3.63) is 9.96 Å². The maximum Gasteiger partial charge on any atom is 3.00 e. The molecule has 0 amide bonds. The second-order valence-electron chi connectivity index (χ2n) is 8.31. The number of nitrogens with zero attached hydrogens (tertiary/aromatic N) is 3. The van der Waals surface area contributed by atoms with Gasteiger partial charge in [0, 0.05) is 0 Å². The Bertz CT molecular complexity index is 216. The van der Waals surface area contributed by atoms with E-state index in [0.717, 1.165) is 13.1 Å². The van der Waals surface area contributed by atoms with E-state index in [1.54, 1.807) is 0 Å². The molecule has 0 aliphatic rings. The average molecular weight is 363 g/mol. The molecule has 0 rings (SSSR count). The molecular weight excluding hydrogens is 325 g/mol. The van der Waals surface area contributed by atoms with E-state index in [1.807, 2.05) is 0 Å². The normalized spacial score (nSPS) is 12.6. The molecule has 0 heterocycles. The fourth-order valence-electron chi connectivity index (χ4n) is 1.59. The number of hydrogen-bond donors (Lipinski definition) is 0. The van der Waals surface area contributed by atoms with Crippen molar-refractivity contribution < 1.29 is 16.8 Å². The molecule has 0 aromatic carbocycles. The van der Waals surface area contributed by atoms with Gasteiger partial charge in [-0.3, -0.25) is 0 Å². The number of hydrogen-bond acceptors (Lipinski definition) is 1. The van der Waals surface area contributed by atoms with E-state index >= 15 is 0 Å². The smallest absolute Gasteiger partial charge is 0.664 e. The number of likely N-dealkylation sites (N-methyl/N-ethyl adjacent to an activating group) is 1. The van der Waals surface area contributed by atoms with Crippen molar-refractivity contribution in [1.29, 1.82) is 0 Å². The molecule has 0 radical (unpaired) electrons. The first kappa shape index (κ1) is 25.8. The van der Waals surface area contributed by atoms with E-state index in [4.69, 9.17) is 0 Å². The summed E-state index contributed by atoms with van der Waals surface area (Å²) in [6.45, 7) is 22.2. The van der Waals surface area contributed by atoms with Gasteiger partial charge in [-0.1, -0.05) is 76.5 Å². The first-order chi connectivity index (χ1) is 8.12. The Morgan fingerprint density at radius 2 is 1.25 bits per heavy atom. The number of rotatable bonds is 5. The van der Waals surface area contributed by atoms with Crippen LogP contribution in [0.3, 0.4) is 0 Å². The minimum absolute atomic E-state index is 0. The molecule has 0 aliphatic heterocycles. The molecule has 0 atom stereocenters. The van der Waals surface area contributed by atoms with Gasteiger partial charge >= 0.3 is 16.8 Å². The monoisotopic (exact) mass is 362 g/mol. The summed E-state index contributed by atoms with van der Waals surface area (Å²) in [5, 5.41) is 0. The first-order valence-electron chi connectivity index (χ1n) is 7.20. The SMILES string of the molecule is CC(C)(C)[N-][Si](C)(C)C.CN(C)CC[N-][Si](C)(C)C.[Co+3]. The standard InChI is InChI=1S/C7H19N2Si.C7H18NSi.Co/c1-9(2)7-6-8-10(3,4)5;1-7(2,3)8-9(4,5)6;/h6-7H2,1-5H3;1-6H3;/q2*-1;+3. The minimum Gasteiger partial charge on any atom is -0.664 e. The fourth-order valence-corrected chi connectivity index (χ4v) is 4.37. The Morgan fingerprint density at radius 1 is 0.850 bits per heavy atom. The molecule has 0 N–H and O–H groups in total. The van der Waals surface area contributed by atoms with Gasteiger partial charge in [0.25, 0.3) is 0 Å². The van der Waals surface area contributed by atoms with Crippen molar-refractivity contribution in [1.82, 2.24) is 4.90 Å². The molecule has 6 heteroatoms.